The van der Waals surface area contributed by atoms with Crippen molar-refractivity contribution in [3.8, 4) is 0 Å². The van der Waals surface area contributed by atoms with Crippen LogP contribution in [0.1, 0.15) is 46.1 Å². The van der Waals surface area contributed by atoms with Gasteiger partial charge in [-0.2, -0.15) is 0 Å². The zero-order valence-corrected chi connectivity index (χ0v) is 11.0. The Balaban J connectivity index is 2.47. The zero-order chi connectivity index (χ0) is 12.7. The highest BCUT2D eigenvalue weighted by atomic mass is 16.1. The molecular formula is C13H23N3O. The van der Waals surface area contributed by atoms with Crippen molar-refractivity contribution in [3.05, 3.63) is 18.7 Å². The van der Waals surface area contributed by atoms with Gasteiger partial charge >= 0.3 is 0 Å². The summed E-state index contributed by atoms with van der Waals surface area (Å²) in [5, 5.41) is 2.96. The number of nitrogens with zero attached hydrogens (tertiary/aromatic N) is 2. The van der Waals surface area contributed by atoms with E-state index in [-0.39, 0.29) is 11.9 Å². The highest BCUT2D eigenvalue weighted by Crippen LogP contribution is 2.17. The molecular weight excluding hydrogens is 214 g/mol. The third-order valence-electron chi connectivity index (χ3n) is 2.70. The highest BCUT2D eigenvalue weighted by Gasteiger charge is 2.14. The lowest BCUT2D eigenvalue weighted by atomic mass is 10.1. The van der Waals surface area contributed by atoms with E-state index in [9.17, 15) is 4.79 Å². The van der Waals surface area contributed by atoms with Crippen LogP contribution in [-0.2, 0) is 4.79 Å². The summed E-state index contributed by atoms with van der Waals surface area (Å²) < 4.78 is 2.03. The number of hydrogen-bond acceptors (Lipinski definition) is 2. The number of carbonyl (C=O) groups excluding carboxylic acids is 1. The number of nitrogens with one attached hydrogen (secondary N) is 1. The van der Waals surface area contributed by atoms with E-state index >= 15 is 0 Å². The Bertz CT molecular complexity index is 319. The Labute approximate surface area is 103 Å². The molecule has 0 spiro atoms. The molecule has 0 fully saturated rings. The van der Waals surface area contributed by atoms with Gasteiger partial charge < -0.3 is 9.88 Å². The van der Waals surface area contributed by atoms with Crippen molar-refractivity contribution in [3.63, 3.8) is 0 Å². The smallest absolute Gasteiger partial charge is 0.222 e. The molecule has 1 rings (SSSR count). The maximum Gasteiger partial charge on any atom is 0.222 e. The summed E-state index contributed by atoms with van der Waals surface area (Å²) >= 11 is 0. The molecule has 1 amide bonds. The summed E-state index contributed by atoms with van der Waals surface area (Å²) in [5.74, 6) is 0.627. The average molecular weight is 237 g/mol. The summed E-state index contributed by atoms with van der Waals surface area (Å²) in [6.07, 6.45) is 8.09. The number of hydrogen-bond donors (Lipinski definition) is 1. The fourth-order valence-electron chi connectivity index (χ4n) is 1.78. The van der Waals surface area contributed by atoms with Gasteiger partial charge in [-0.25, -0.2) is 4.98 Å². The van der Waals surface area contributed by atoms with Crippen molar-refractivity contribution in [1.82, 2.24) is 14.9 Å². The summed E-state index contributed by atoms with van der Waals surface area (Å²) in [5.41, 5.74) is 0. The van der Waals surface area contributed by atoms with Crippen molar-refractivity contribution < 1.29 is 4.79 Å². The number of carbonyl (C=O) groups is 1. The van der Waals surface area contributed by atoms with Crippen LogP contribution in [0, 0.1) is 5.92 Å². The lowest BCUT2D eigenvalue weighted by Gasteiger charge is -2.17. The van der Waals surface area contributed by atoms with Gasteiger partial charge in [-0.1, -0.05) is 27.2 Å². The molecule has 1 aromatic rings. The minimum atomic E-state index is 0.130. The van der Waals surface area contributed by atoms with Gasteiger partial charge in [0.25, 0.3) is 0 Å². The monoisotopic (exact) mass is 237 g/mol. The van der Waals surface area contributed by atoms with Crippen molar-refractivity contribution in [1.29, 1.82) is 0 Å². The molecule has 0 aliphatic carbocycles. The average Bonchev–Trinajstić information content (AvgIpc) is 2.79. The normalized spacial score (nSPS) is 12.7. The van der Waals surface area contributed by atoms with Crippen LogP contribution in [0.5, 0.6) is 0 Å². The fraction of sp³-hybridized carbons (Fsp3) is 0.692. The lowest BCUT2D eigenvalue weighted by molar-refractivity contribution is -0.122. The van der Waals surface area contributed by atoms with E-state index in [0.29, 0.717) is 12.3 Å². The lowest BCUT2D eigenvalue weighted by Crippen LogP contribution is -2.29. The maximum atomic E-state index is 11.8. The molecule has 0 saturated carbocycles. The van der Waals surface area contributed by atoms with Crippen molar-refractivity contribution in [2.24, 2.45) is 5.92 Å². The molecule has 1 aromatic heterocycles. The van der Waals surface area contributed by atoms with Gasteiger partial charge in [0.2, 0.25) is 5.91 Å². The Hall–Kier alpha value is -1.32. The highest BCUT2D eigenvalue weighted by molar-refractivity contribution is 5.76. The zero-order valence-electron chi connectivity index (χ0n) is 11.0. The molecule has 0 bridgehead atoms. The Morgan fingerprint density at radius 3 is 2.76 bits per heavy atom. The molecule has 0 saturated heterocycles. The van der Waals surface area contributed by atoms with Gasteiger partial charge in [0, 0.05) is 31.4 Å². The van der Waals surface area contributed by atoms with Crippen LogP contribution < -0.4 is 5.32 Å². The standard InChI is InChI=1S/C13H23N3O/c1-4-5-12(16-7-6-14-10-16)8-13(17)15-9-11(2)3/h6-7,10-12H,4-5,8-9H2,1-3H3,(H,15,17). The van der Waals surface area contributed by atoms with E-state index in [1.807, 2.05) is 10.8 Å². The first-order valence-electron chi connectivity index (χ1n) is 6.37. The molecule has 0 aromatic carbocycles. The SMILES string of the molecule is CCCC(CC(=O)NCC(C)C)n1ccnc1. The first kappa shape index (κ1) is 13.7. The molecule has 96 valence electrons. The summed E-state index contributed by atoms with van der Waals surface area (Å²) in [6.45, 7) is 7.08. The second-order valence-electron chi connectivity index (χ2n) is 4.85. The van der Waals surface area contributed by atoms with Crippen LogP contribution >= 0.6 is 0 Å². The molecule has 17 heavy (non-hydrogen) atoms. The molecule has 4 nitrogen and oxygen atoms in total. The van der Waals surface area contributed by atoms with Gasteiger partial charge in [0.05, 0.1) is 6.33 Å². The second-order valence-corrected chi connectivity index (χ2v) is 4.85. The van der Waals surface area contributed by atoms with Gasteiger partial charge in [0.15, 0.2) is 0 Å². The summed E-state index contributed by atoms with van der Waals surface area (Å²) in [7, 11) is 0. The second kappa shape index (κ2) is 7.09. The van der Waals surface area contributed by atoms with E-state index in [1.54, 1.807) is 12.5 Å². The number of rotatable bonds is 7. The van der Waals surface area contributed by atoms with Crippen LogP contribution in [0.2, 0.25) is 0 Å². The van der Waals surface area contributed by atoms with E-state index in [2.05, 4.69) is 31.1 Å². The summed E-state index contributed by atoms with van der Waals surface area (Å²) in [4.78, 5) is 15.8. The molecule has 1 heterocycles. The van der Waals surface area contributed by atoms with Crippen LogP contribution in [0.4, 0.5) is 0 Å². The van der Waals surface area contributed by atoms with Crippen molar-refractivity contribution in [2.45, 2.75) is 46.1 Å². The van der Waals surface area contributed by atoms with Crippen molar-refractivity contribution >= 4 is 5.91 Å². The first-order chi connectivity index (χ1) is 8.13. The Morgan fingerprint density at radius 1 is 1.47 bits per heavy atom. The van der Waals surface area contributed by atoms with Gasteiger partial charge in [-0.15, -0.1) is 0 Å². The van der Waals surface area contributed by atoms with Crippen LogP contribution in [0.15, 0.2) is 18.7 Å². The van der Waals surface area contributed by atoms with Crippen LogP contribution in [0.3, 0.4) is 0 Å². The van der Waals surface area contributed by atoms with Crippen LogP contribution in [-0.4, -0.2) is 22.0 Å². The minimum Gasteiger partial charge on any atom is -0.356 e. The molecule has 1 unspecified atom stereocenters. The van der Waals surface area contributed by atoms with E-state index in [1.165, 1.54) is 0 Å². The third-order valence-corrected chi connectivity index (χ3v) is 2.70. The topological polar surface area (TPSA) is 46.9 Å². The first-order valence-corrected chi connectivity index (χ1v) is 6.37. The molecule has 1 atom stereocenters. The number of aromatic nitrogens is 2. The van der Waals surface area contributed by atoms with Gasteiger partial charge in [0.1, 0.15) is 0 Å². The van der Waals surface area contributed by atoms with Gasteiger partial charge in [-0.05, 0) is 12.3 Å². The molecule has 0 aliphatic heterocycles. The maximum absolute atomic E-state index is 11.8. The van der Waals surface area contributed by atoms with Crippen molar-refractivity contribution in [2.75, 3.05) is 6.54 Å². The van der Waals surface area contributed by atoms with E-state index < -0.39 is 0 Å². The largest absolute Gasteiger partial charge is 0.356 e. The fourth-order valence-corrected chi connectivity index (χ4v) is 1.78. The summed E-state index contributed by atoms with van der Waals surface area (Å²) in [6, 6.07) is 0.231. The number of imidazole rings is 1. The van der Waals surface area contributed by atoms with Crippen LogP contribution in [0.25, 0.3) is 0 Å². The predicted molar refractivity (Wildman–Crippen MR) is 68.6 cm³/mol. The van der Waals surface area contributed by atoms with E-state index in [0.717, 1.165) is 19.4 Å². The third kappa shape index (κ3) is 5.02. The van der Waals surface area contributed by atoms with E-state index in [4.69, 9.17) is 0 Å². The molecule has 1 N–H and O–H groups in total. The van der Waals surface area contributed by atoms with Gasteiger partial charge in [-0.3, -0.25) is 4.79 Å². The molecule has 4 heteroatoms. The Kier molecular flexibility index (Phi) is 5.73. The minimum absolute atomic E-state index is 0.130. The molecule has 0 radical (unpaired) electrons. The number of amides is 1. The predicted octanol–water partition coefficient (Wildman–Crippen LogP) is 2.39. The quantitative estimate of drug-likeness (QED) is 0.791. The Morgan fingerprint density at radius 2 is 2.24 bits per heavy atom. The molecule has 0 aliphatic rings.